The summed E-state index contributed by atoms with van der Waals surface area (Å²) in [7, 11) is 1.66. The number of methoxy groups -OCH3 is 1. The number of carbonyl (C=O) groups excluding carboxylic acids is 2. The molecule has 0 saturated carbocycles. The minimum atomic E-state index is -0.549. The molecule has 6 heteroatoms. The number of nitrogens with one attached hydrogen (secondary N) is 1. The molecule has 178 valence electrons. The quantitative estimate of drug-likeness (QED) is 0.718. The number of amides is 2. The average Bonchev–Trinajstić information content (AvgIpc) is 2.81. The van der Waals surface area contributed by atoms with Crippen molar-refractivity contribution in [1.82, 2.24) is 10.2 Å². The maximum atomic E-state index is 13.3. The number of piperazine rings is 1. The summed E-state index contributed by atoms with van der Waals surface area (Å²) in [5.74, 6) is 0.601. The molecule has 0 bridgehead atoms. The van der Waals surface area contributed by atoms with Gasteiger partial charge in [0.1, 0.15) is 11.8 Å². The third-order valence-electron chi connectivity index (χ3n) is 6.26. The van der Waals surface area contributed by atoms with Crippen molar-refractivity contribution in [3.63, 3.8) is 0 Å². The van der Waals surface area contributed by atoms with Crippen LogP contribution in [0.3, 0.4) is 0 Å². The molecule has 1 N–H and O–H groups in total. The lowest BCUT2D eigenvalue weighted by Gasteiger charge is -2.38. The van der Waals surface area contributed by atoms with Crippen LogP contribution in [0.5, 0.6) is 5.75 Å². The van der Waals surface area contributed by atoms with Crippen molar-refractivity contribution in [2.75, 3.05) is 38.2 Å². The van der Waals surface area contributed by atoms with Crippen LogP contribution >= 0.6 is 0 Å². The Morgan fingerprint density at radius 3 is 1.97 bits per heavy atom. The first-order chi connectivity index (χ1) is 15.6. The highest BCUT2D eigenvalue weighted by atomic mass is 16.5. The third-order valence-corrected chi connectivity index (χ3v) is 6.26. The summed E-state index contributed by atoms with van der Waals surface area (Å²) in [4.78, 5) is 30.3. The van der Waals surface area contributed by atoms with Crippen LogP contribution in [0.15, 0.2) is 48.5 Å². The molecule has 2 aromatic carbocycles. The molecule has 3 rings (SSSR count). The zero-order valence-electron chi connectivity index (χ0n) is 20.7. The maximum Gasteiger partial charge on any atom is 0.251 e. The topological polar surface area (TPSA) is 61.9 Å². The van der Waals surface area contributed by atoms with Crippen LogP contribution in [0, 0.1) is 5.92 Å². The summed E-state index contributed by atoms with van der Waals surface area (Å²) in [6.45, 7) is 13.1. The number of carbonyl (C=O) groups is 2. The Morgan fingerprint density at radius 2 is 1.48 bits per heavy atom. The predicted molar refractivity (Wildman–Crippen MR) is 133 cm³/mol. The van der Waals surface area contributed by atoms with E-state index in [0.717, 1.165) is 24.5 Å². The second-order valence-corrected chi connectivity index (χ2v) is 10.0. The Bertz CT molecular complexity index is 938. The van der Waals surface area contributed by atoms with Crippen LogP contribution in [0.1, 0.15) is 50.5 Å². The van der Waals surface area contributed by atoms with Gasteiger partial charge >= 0.3 is 0 Å². The zero-order chi connectivity index (χ0) is 24.2. The zero-order valence-corrected chi connectivity index (χ0v) is 20.7. The van der Waals surface area contributed by atoms with Gasteiger partial charge in [-0.1, -0.05) is 46.8 Å². The minimum Gasteiger partial charge on any atom is -0.497 e. The number of hydrogen-bond donors (Lipinski definition) is 1. The molecule has 0 aromatic heterocycles. The van der Waals surface area contributed by atoms with Crippen LogP contribution < -0.4 is 15.0 Å². The molecule has 2 aromatic rings. The number of anilines is 1. The summed E-state index contributed by atoms with van der Waals surface area (Å²) in [6.07, 6.45) is 0. The molecule has 0 aliphatic carbocycles. The van der Waals surface area contributed by atoms with E-state index in [1.54, 1.807) is 7.11 Å². The number of rotatable bonds is 6. The van der Waals surface area contributed by atoms with Crippen molar-refractivity contribution in [2.45, 2.75) is 46.1 Å². The SMILES string of the molecule is COc1ccc(N2CCN(C(=O)[C@@H](NC(=O)c3ccc(C(C)(C)C)cc3)C(C)C)CC2)cc1. The largest absolute Gasteiger partial charge is 0.497 e. The van der Waals surface area contributed by atoms with Crippen LogP contribution in [0.4, 0.5) is 5.69 Å². The van der Waals surface area contributed by atoms with Gasteiger partial charge in [0.2, 0.25) is 5.91 Å². The number of nitrogens with zero attached hydrogens (tertiary/aromatic N) is 2. The van der Waals surface area contributed by atoms with Gasteiger partial charge in [-0.2, -0.15) is 0 Å². The van der Waals surface area contributed by atoms with Crippen molar-refractivity contribution in [3.8, 4) is 5.75 Å². The molecular weight excluding hydrogens is 414 g/mol. The Labute approximate surface area is 197 Å². The molecule has 1 aliphatic rings. The van der Waals surface area contributed by atoms with Crippen LogP contribution in [-0.4, -0.2) is 56.0 Å². The van der Waals surface area contributed by atoms with Crippen LogP contribution in [-0.2, 0) is 10.2 Å². The standard InChI is InChI=1S/C27H37N3O3/c1-19(2)24(28-25(31)20-7-9-21(10-8-20)27(3,4)5)26(32)30-17-15-29(16-18-30)22-11-13-23(33-6)14-12-22/h7-14,19,24H,15-18H2,1-6H3,(H,28,31)/t24-/m0/s1. The molecule has 1 heterocycles. The highest BCUT2D eigenvalue weighted by molar-refractivity contribution is 5.97. The summed E-state index contributed by atoms with van der Waals surface area (Å²) < 4.78 is 5.23. The van der Waals surface area contributed by atoms with Gasteiger partial charge in [0.15, 0.2) is 0 Å². The van der Waals surface area contributed by atoms with Gasteiger partial charge < -0.3 is 19.9 Å². The molecular formula is C27H37N3O3. The van der Waals surface area contributed by atoms with Gasteiger partial charge in [-0.3, -0.25) is 9.59 Å². The average molecular weight is 452 g/mol. The molecule has 1 saturated heterocycles. The van der Waals surface area contributed by atoms with Crippen molar-refractivity contribution < 1.29 is 14.3 Å². The van der Waals surface area contributed by atoms with E-state index in [4.69, 9.17) is 4.74 Å². The summed E-state index contributed by atoms with van der Waals surface area (Å²) in [5.41, 5.74) is 2.89. The van der Waals surface area contributed by atoms with E-state index in [9.17, 15) is 9.59 Å². The second kappa shape index (κ2) is 10.3. The van der Waals surface area contributed by atoms with Gasteiger partial charge in [-0.05, 0) is 53.3 Å². The first kappa shape index (κ1) is 24.6. The fourth-order valence-corrected chi connectivity index (χ4v) is 4.03. The highest BCUT2D eigenvalue weighted by Gasteiger charge is 2.31. The van der Waals surface area contributed by atoms with E-state index < -0.39 is 6.04 Å². The molecule has 2 amide bonds. The van der Waals surface area contributed by atoms with E-state index in [-0.39, 0.29) is 23.1 Å². The van der Waals surface area contributed by atoms with Crippen LogP contribution in [0.25, 0.3) is 0 Å². The molecule has 6 nitrogen and oxygen atoms in total. The summed E-state index contributed by atoms with van der Waals surface area (Å²) in [5, 5.41) is 2.99. The fraction of sp³-hybridized carbons (Fsp3) is 0.481. The van der Waals surface area contributed by atoms with Crippen molar-refractivity contribution in [2.24, 2.45) is 5.92 Å². The van der Waals surface area contributed by atoms with Crippen molar-refractivity contribution >= 4 is 17.5 Å². The van der Waals surface area contributed by atoms with Crippen molar-refractivity contribution in [3.05, 3.63) is 59.7 Å². The van der Waals surface area contributed by atoms with Gasteiger partial charge in [0.25, 0.3) is 5.91 Å². The smallest absolute Gasteiger partial charge is 0.251 e. The van der Waals surface area contributed by atoms with Gasteiger partial charge in [-0.25, -0.2) is 0 Å². The lowest BCUT2D eigenvalue weighted by molar-refractivity contribution is -0.134. The molecule has 1 atom stereocenters. The van der Waals surface area contributed by atoms with Gasteiger partial charge in [0.05, 0.1) is 7.11 Å². The van der Waals surface area contributed by atoms with E-state index in [0.29, 0.717) is 18.7 Å². The first-order valence-corrected chi connectivity index (χ1v) is 11.7. The Balaban J connectivity index is 1.61. The number of benzene rings is 2. The Morgan fingerprint density at radius 1 is 0.909 bits per heavy atom. The second-order valence-electron chi connectivity index (χ2n) is 10.0. The lowest BCUT2D eigenvalue weighted by Crippen LogP contribution is -2.56. The molecule has 1 aliphatic heterocycles. The monoisotopic (exact) mass is 451 g/mol. The molecule has 1 fully saturated rings. The number of hydrogen-bond acceptors (Lipinski definition) is 4. The van der Waals surface area contributed by atoms with E-state index in [2.05, 4.69) is 31.0 Å². The highest BCUT2D eigenvalue weighted by Crippen LogP contribution is 2.23. The molecule has 0 spiro atoms. The van der Waals surface area contributed by atoms with Gasteiger partial charge in [-0.15, -0.1) is 0 Å². The molecule has 0 radical (unpaired) electrons. The normalized spacial score (nSPS) is 15.4. The van der Waals surface area contributed by atoms with Gasteiger partial charge in [0, 0.05) is 37.4 Å². The van der Waals surface area contributed by atoms with Crippen molar-refractivity contribution in [1.29, 1.82) is 0 Å². The Hall–Kier alpha value is -3.02. The lowest BCUT2D eigenvalue weighted by atomic mass is 9.86. The number of ether oxygens (including phenoxy) is 1. The van der Waals surface area contributed by atoms with E-state index in [1.807, 2.05) is 67.3 Å². The Kier molecular flexibility index (Phi) is 7.67. The molecule has 0 unspecified atom stereocenters. The van der Waals surface area contributed by atoms with E-state index in [1.165, 1.54) is 5.56 Å². The summed E-state index contributed by atoms with van der Waals surface area (Å²) >= 11 is 0. The third kappa shape index (κ3) is 6.06. The fourth-order valence-electron chi connectivity index (χ4n) is 4.03. The molecule has 33 heavy (non-hydrogen) atoms. The first-order valence-electron chi connectivity index (χ1n) is 11.7. The minimum absolute atomic E-state index is 0.00471. The van der Waals surface area contributed by atoms with Crippen LogP contribution in [0.2, 0.25) is 0 Å². The summed E-state index contributed by atoms with van der Waals surface area (Å²) in [6, 6.07) is 15.1. The van der Waals surface area contributed by atoms with E-state index >= 15 is 0 Å². The maximum absolute atomic E-state index is 13.3. The predicted octanol–water partition coefficient (Wildman–Crippen LogP) is 4.10.